The first-order valence-electron chi connectivity index (χ1n) is 11.0. The average molecular weight is 488 g/mol. The zero-order valence-electron chi connectivity index (χ0n) is 18.3. The number of ether oxygens (including phenoxy) is 1. The van der Waals surface area contributed by atoms with Gasteiger partial charge in [0.1, 0.15) is 5.82 Å². The first-order chi connectivity index (χ1) is 16.7. The third-order valence-corrected chi connectivity index (χ3v) is 6.00. The summed E-state index contributed by atoms with van der Waals surface area (Å²) in [7, 11) is 0. The van der Waals surface area contributed by atoms with Crippen LogP contribution < -0.4 is 11.2 Å². The first kappa shape index (κ1) is 23.0. The van der Waals surface area contributed by atoms with E-state index in [4.69, 9.17) is 4.74 Å². The van der Waals surface area contributed by atoms with Crippen molar-refractivity contribution in [3.8, 4) is 5.69 Å². The van der Waals surface area contributed by atoms with Crippen LogP contribution >= 0.6 is 0 Å². The molecule has 0 bridgehead atoms. The van der Waals surface area contributed by atoms with Crippen LogP contribution in [0.15, 0.2) is 64.4 Å². The number of imidazole rings is 1. The molecular weight excluding hydrogens is 468 g/mol. The highest BCUT2D eigenvalue weighted by Crippen LogP contribution is 2.30. The molecular formula is C24H20F4N4O3. The Hall–Kier alpha value is -3.73. The lowest BCUT2D eigenvalue weighted by molar-refractivity contribution is -0.137. The van der Waals surface area contributed by atoms with Crippen LogP contribution in [0.5, 0.6) is 0 Å². The van der Waals surface area contributed by atoms with Crippen molar-refractivity contribution in [1.29, 1.82) is 0 Å². The quantitative estimate of drug-likeness (QED) is 0.402. The highest BCUT2D eigenvalue weighted by Gasteiger charge is 2.30. The van der Waals surface area contributed by atoms with E-state index in [-0.39, 0.29) is 30.4 Å². The maximum Gasteiger partial charge on any atom is 0.416 e. The number of halogens is 4. The molecule has 2 aromatic heterocycles. The standard InChI is InChI=1S/C24H20F4N4O3/c25-17-6-8-18(9-7-17)32-21-20(22(33)31(23(32)34)13-19-5-2-10-35-19)30(14-29-21)12-15-3-1-4-16(11-15)24(26,27)28/h1,3-4,6-9,11,14,19H,2,5,10,12-13H2. The highest BCUT2D eigenvalue weighted by molar-refractivity contribution is 5.72. The number of rotatable bonds is 5. The number of nitrogens with zero attached hydrogens (tertiary/aromatic N) is 4. The van der Waals surface area contributed by atoms with Crippen molar-refractivity contribution in [2.24, 2.45) is 0 Å². The van der Waals surface area contributed by atoms with Crippen LogP contribution in [0.3, 0.4) is 0 Å². The van der Waals surface area contributed by atoms with E-state index in [1.165, 1.54) is 51.9 Å². The Balaban J connectivity index is 1.68. The molecule has 5 rings (SSSR count). The highest BCUT2D eigenvalue weighted by atomic mass is 19.4. The van der Waals surface area contributed by atoms with E-state index in [9.17, 15) is 27.2 Å². The fraction of sp³-hybridized carbons (Fsp3) is 0.292. The Kier molecular flexibility index (Phi) is 5.79. The normalized spacial score (nSPS) is 16.3. The van der Waals surface area contributed by atoms with E-state index < -0.39 is 28.8 Å². The minimum absolute atomic E-state index is 0.0174. The van der Waals surface area contributed by atoms with Crippen molar-refractivity contribution >= 4 is 11.2 Å². The van der Waals surface area contributed by atoms with Crippen molar-refractivity contribution in [3.63, 3.8) is 0 Å². The number of hydrogen-bond acceptors (Lipinski definition) is 4. The molecule has 182 valence electrons. The van der Waals surface area contributed by atoms with Crippen molar-refractivity contribution in [2.75, 3.05) is 6.61 Å². The molecule has 11 heteroatoms. The van der Waals surface area contributed by atoms with Gasteiger partial charge in [-0.3, -0.25) is 9.36 Å². The molecule has 1 aliphatic heterocycles. The van der Waals surface area contributed by atoms with Crippen LogP contribution in [0, 0.1) is 5.82 Å². The summed E-state index contributed by atoms with van der Waals surface area (Å²) >= 11 is 0. The number of hydrogen-bond donors (Lipinski definition) is 0. The van der Waals surface area contributed by atoms with Gasteiger partial charge in [0.05, 0.1) is 30.2 Å². The lowest BCUT2D eigenvalue weighted by Gasteiger charge is -2.15. The topological polar surface area (TPSA) is 71.0 Å². The zero-order valence-corrected chi connectivity index (χ0v) is 18.3. The van der Waals surface area contributed by atoms with Gasteiger partial charge in [0.2, 0.25) is 0 Å². The van der Waals surface area contributed by atoms with Gasteiger partial charge >= 0.3 is 11.9 Å². The molecule has 1 unspecified atom stereocenters. The molecule has 4 aromatic rings. The van der Waals surface area contributed by atoms with Gasteiger partial charge in [-0.05, 0) is 54.8 Å². The second-order valence-corrected chi connectivity index (χ2v) is 8.39. The summed E-state index contributed by atoms with van der Waals surface area (Å²) in [6.45, 7) is 0.474. The summed E-state index contributed by atoms with van der Waals surface area (Å²) in [4.78, 5) is 31.1. The summed E-state index contributed by atoms with van der Waals surface area (Å²) in [5.41, 5.74) is -1.40. The predicted molar refractivity (Wildman–Crippen MR) is 119 cm³/mol. The largest absolute Gasteiger partial charge is 0.416 e. The van der Waals surface area contributed by atoms with Crippen LogP contribution in [0.4, 0.5) is 17.6 Å². The van der Waals surface area contributed by atoms with E-state index in [0.29, 0.717) is 24.3 Å². The van der Waals surface area contributed by atoms with E-state index in [2.05, 4.69) is 4.98 Å². The van der Waals surface area contributed by atoms with Gasteiger partial charge in [-0.25, -0.2) is 18.7 Å². The van der Waals surface area contributed by atoms with E-state index >= 15 is 0 Å². The molecule has 7 nitrogen and oxygen atoms in total. The molecule has 0 radical (unpaired) electrons. The molecule has 1 fully saturated rings. The summed E-state index contributed by atoms with van der Waals surface area (Å²) < 4.78 is 62.3. The van der Waals surface area contributed by atoms with Crippen molar-refractivity contribution in [1.82, 2.24) is 18.7 Å². The summed E-state index contributed by atoms with van der Waals surface area (Å²) in [5.74, 6) is -0.499. The van der Waals surface area contributed by atoms with Gasteiger partial charge in [-0.15, -0.1) is 0 Å². The van der Waals surface area contributed by atoms with Gasteiger partial charge < -0.3 is 9.30 Å². The van der Waals surface area contributed by atoms with Crippen molar-refractivity contribution < 1.29 is 22.3 Å². The van der Waals surface area contributed by atoms with Crippen LogP contribution in [-0.4, -0.2) is 31.4 Å². The fourth-order valence-electron chi connectivity index (χ4n) is 4.32. The summed E-state index contributed by atoms with van der Waals surface area (Å²) in [5, 5.41) is 0. The Morgan fingerprint density at radius 2 is 1.86 bits per heavy atom. The first-order valence-corrected chi connectivity index (χ1v) is 11.0. The number of alkyl halides is 3. The Morgan fingerprint density at radius 3 is 2.54 bits per heavy atom. The maximum atomic E-state index is 13.5. The second-order valence-electron chi connectivity index (χ2n) is 8.39. The maximum absolute atomic E-state index is 13.5. The van der Waals surface area contributed by atoms with Crippen LogP contribution in [-0.2, 0) is 24.0 Å². The van der Waals surface area contributed by atoms with Gasteiger partial charge in [-0.1, -0.05) is 12.1 Å². The molecule has 0 amide bonds. The average Bonchev–Trinajstić information content (AvgIpc) is 3.48. The van der Waals surface area contributed by atoms with Gasteiger partial charge in [0, 0.05) is 13.2 Å². The smallest absolute Gasteiger partial charge is 0.376 e. The number of benzene rings is 2. The molecule has 1 atom stereocenters. The van der Waals surface area contributed by atoms with E-state index in [1.807, 2.05) is 0 Å². The third kappa shape index (κ3) is 4.39. The summed E-state index contributed by atoms with van der Waals surface area (Å²) in [6.07, 6.45) is -2.03. The van der Waals surface area contributed by atoms with Gasteiger partial charge in [0.15, 0.2) is 11.2 Å². The lowest BCUT2D eigenvalue weighted by atomic mass is 10.1. The Bertz CT molecular complexity index is 1500. The molecule has 0 spiro atoms. The Labute approximate surface area is 195 Å². The molecule has 0 aliphatic carbocycles. The Morgan fingerprint density at radius 1 is 1.09 bits per heavy atom. The molecule has 0 N–H and O–H groups in total. The van der Waals surface area contributed by atoms with E-state index in [0.717, 1.165) is 23.1 Å². The van der Waals surface area contributed by atoms with Crippen LogP contribution in [0.25, 0.3) is 16.9 Å². The summed E-state index contributed by atoms with van der Waals surface area (Å²) in [6, 6.07) is 9.93. The van der Waals surface area contributed by atoms with Crippen molar-refractivity contribution in [3.05, 3.63) is 92.6 Å². The fourth-order valence-corrected chi connectivity index (χ4v) is 4.32. The second kappa shape index (κ2) is 8.81. The zero-order chi connectivity index (χ0) is 24.7. The molecule has 2 aromatic carbocycles. The van der Waals surface area contributed by atoms with Gasteiger partial charge in [0.25, 0.3) is 5.56 Å². The number of aromatic nitrogens is 4. The number of fused-ring (bicyclic) bond motifs is 1. The predicted octanol–water partition coefficient (Wildman–Crippen LogP) is 3.73. The van der Waals surface area contributed by atoms with Gasteiger partial charge in [-0.2, -0.15) is 13.2 Å². The SMILES string of the molecule is O=c1c2c(ncn2Cc2cccc(C(F)(F)F)c2)n(-c2ccc(F)cc2)c(=O)n1CC1CCCO1. The molecule has 1 aliphatic rings. The molecule has 3 heterocycles. The van der Waals surface area contributed by atoms with Crippen LogP contribution in [0.1, 0.15) is 24.0 Å². The minimum atomic E-state index is -4.51. The minimum Gasteiger partial charge on any atom is -0.376 e. The van der Waals surface area contributed by atoms with E-state index in [1.54, 1.807) is 0 Å². The van der Waals surface area contributed by atoms with Crippen molar-refractivity contribution in [2.45, 2.75) is 38.2 Å². The van der Waals surface area contributed by atoms with Crippen LogP contribution in [0.2, 0.25) is 0 Å². The molecule has 35 heavy (non-hydrogen) atoms. The molecule has 0 saturated carbocycles. The lowest BCUT2D eigenvalue weighted by Crippen LogP contribution is -2.42. The monoisotopic (exact) mass is 488 g/mol. The third-order valence-electron chi connectivity index (χ3n) is 6.00. The molecule has 1 saturated heterocycles.